The second-order valence-electron chi connectivity index (χ2n) is 7.34. The van der Waals surface area contributed by atoms with E-state index in [0.29, 0.717) is 5.41 Å². The maximum atomic E-state index is 2.42. The Balaban J connectivity index is 2.23. The molecule has 0 amide bonds. The minimum Gasteiger partial charge on any atom is -0.377 e. The molecule has 0 spiro atoms. The molecule has 1 aliphatic rings. The van der Waals surface area contributed by atoms with E-state index in [2.05, 4.69) is 58.8 Å². The van der Waals surface area contributed by atoms with Crippen molar-refractivity contribution in [1.82, 2.24) is 0 Å². The van der Waals surface area contributed by atoms with Gasteiger partial charge >= 0.3 is 0 Å². The van der Waals surface area contributed by atoms with E-state index in [-0.39, 0.29) is 0 Å². The van der Waals surface area contributed by atoms with E-state index in [1.807, 2.05) is 0 Å². The molecule has 2 rings (SSSR count). The summed E-state index contributed by atoms with van der Waals surface area (Å²) >= 11 is 0. The fraction of sp³-hybridized carbons (Fsp3) is 0.667. The van der Waals surface area contributed by atoms with E-state index in [4.69, 9.17) is 0 Å². The van der Waals surface area contributed by atoms with E-state index in [1.165, 1.54) is 42.5 Å². The first kappa shape index (κ1) is 14.4. The molecule has 0 aromatic heterocycles. The topological polar surface area (TPSA) is 3.24 Å². The van der Waals surface area contributed by atoms with E-state index < -0.39 is 0 Å². The molecule has 1 nitrogen and oxygen atoms in total. The van der Waals surface area contributed by atoms with Crippen molar-refractivity contribution in [2.24, 2.45) is 5.41 Å². The minimum atomic E-state index is 0.560. The van der Waals surface area contributed by atoms with Gasteiger partial charge in [-0.05, 0) is 67.6 Å². The molecular formula is C18H29N. The Bertz CT molecular complexity index is 424. The van der Waals surface area contributed by atoms with Crippen molar-refractivity contribution in [3.05, 3.63) is 28.8 Å². The zero-order valence-electron chi connectivity index (χ0n) is 13.5. The van der Waals surface area contributed by atoms with Gasteiger partial charge in [0.15, 0.2) is 0 Å². The van der Waals surface area contributed by atoms with Crippen molar-refractivity contribution >= 4 is 5.69 Å². The Morgan fingerprint density at radius 1 is 1.00 bits per heavy atom. The number of anilines is 1. The molecule has 1 aliphatic carbocycles. The lowest BCUT2D eigenvalue weighted by molar-refractivity contribution is 0.224. The van der Waals surface area contributed by atoms with Crippen molar-refractivity contribution in [2.45, 2.75) is 59.3 Å². The summed E-state index contributed by atoms with van der Waals surface area (Å²) in [6.07, 6.45) is 5.44. The smallest absolute Gasteiger partial charge is 0.0420 e. The lowest BCUT2D eigenvalue weighted by Gasteiger charge is -2.35. The van der Waals surface area contributed by atoms with Crippen LogP contribution >= 0.6 is 0 Å². The van der Waals surface area contributed by atoms with Crippen molar-refractivity contribution in [3.8, 4) is 0 Å². The molecule has 0 atom stereocenters. The summed E-state index contributed by atoms with van der Waals surface area (Å²) in [7, 11) is 4.27. The molecule has 0 radical (unpaired) electrons. The van der Waals surface area contributed by atoms with Crippen LogP contribution in [-0.2, 0) is 0 Å². The third-order valence-corrected chi connectivity index (χ3v) is 4.77. The summed E-state index contributed by atoms with van der Waals surface area (Å²) in [5.41, 5.74) is 6.36. The van der Waals surface area contributed by atoms with E-state index in [0.717, 1.165) is 5.92 Å². The lowest BCUT2D eigenvalue weighted by atomic mass is 9.71. The Kier molecular flexibility index (Phi) is 3.94. The highest BCUT2D eigenvalue weighted by atomic mass is 15.1. The Morgan fingerprint density at radius 2 is 1.47 bits per heavy atom. The minimum absolute atomic E-state index is 0.560. The van der Waals surface area contributed by atoms with Crippen LogP contribution in [0.15, 0.2) is 12.1 Å². The highest BCUT2D eigenvalue weighted by Crippen LogP contribution is 2.43. The maximum Gasteiger partial charge on any atom is 0.0420 e. The number of hydrogen-bond donors (Lipinski definition) is 0. The second kappa shape index (κ2) is 5.19. The van der Waals surface area contributed by atoms with Crippen molar-refractivity contribution in [3.63, 3.8) is 0 Å². The molecule has 0 aliphatic heterocycles. The molecular weight excluding hydrogens is 230 g/mol. The average Bonchev–Trinajstić information content (AvgIpc) is 2.27. The molecule has 0 unspecified atom stereocenters. The lowest BCUT2D eigenvalue weighted by Crippen LogP contribution is -2.20. The third kappa shape index (κ3) is 3.13. The number of rotatable bonds is 2. The van der Waals surface area contributed by atoms with Crippen molar-refractivity contribution in [1.29, 1.82) is 0 Å². The predicted octanol–water partition coefficient (Wildman–Crippen LogP) is 5.05. The van der Waals surface area contributed by atoms with Crippen molar-refractivity contribution in [2.75, 3.05) is 19.0 Å². The van der Waals surface area contributed by atoms with Gasteiger partial charge in [0.25, 0.3) is 0 Å². The molecule has 0 N–H and O–H groups in total. The molecule has 1 aromatic carbocycles. The highest BCUT2D eigenvalue weighted by molar-refractivity contribution is 5.59. The van der Waals surface area contributed by atoms with Crippen LogP contribution in [0.2, 0.25) is 0 Å². The number of aryl methyl sites for hydroxylation is 2. The summed E-state index contributed by atoms with van der Waals surface area (Å²) in [6, 6.07) is 4.84. The van der Waals surface area contributed by atoms with Gasteiger partial charge in [0.1, 0.15) is 0 Å². The predicted molar refractivity (Wildman–Crippen MR) is 85.2 cm³/mol. The monoisotopic (exact) mass is 259 g/mol. The fourth-order valence-electron chi connectivity index (χ4n) is 3.66. The molecule has 1 heteroatoms. The summed E-state index contributed by atoms with van der Waals surface area (Å²) in [6.45, 7) is 9.32. The van der Waals surface area contributed by atoms with Gasteiger partial charge in [-0.2, -0.15) is 0 Å². The summed E-state index contributed by atoms with van der Waals surface area (Å²) in [4.78, 5) is 2.23. The van der Waals surface area contributed by atoms with Gasteiger partial charge < -0.3 is 4.90 Å². The molecule has 1 aromatic rings. The number of hydrogen-bond acceptors (Lipinski definition) is 1. The van der Waals surface area contributed by atoms with Gasteiger partial charge in [0, 0.05) is 19.8 Å². The number of benzene rings is 1. The molecule has 1 fully saturated rings. The summed E-state index contributed by atoms with van der Waals surface area (Å²) in [5, 5.41) is 0. The van der Waals surface area contributed by atoms with Gasteiger partial charge in [-0.1, -0.05) is 26.0 Å². The first-order valence-corrected chi connectivity index (χ1v) is 7.59. The Morgan fingerprint density at radius 3 is 1.89 bits per heavy atom. The van der Waals surface area contributed by atoms with Crippen LogP contribution in [0.5, 0.6) is 0 Å². The first-order chi connectivity index (χ1) is 8.80. The van der Waals surface area contributed by atoms with Crippen LogP contribution in [0, 0.1) is 19.3 Å². The van der Waals surface area contributed by atoms with Gasteiger partial charge in [0.2, 0.25) is 0 Å². The van der Waals surface area contributed by atoms with Gasteiger partial charge in [-0.3, -0.25) is 0 Å². The van der Waals surface area contributed by atoms with Crippen LogP contribution in [0.4, 0.5) is 5.69 Å². The summed E-state index contributed by atoms with van der Waals surface area (Å²) in [5.74, 6) is 0.779. The molecule has 1 saturated carbocycles. The molecule has 19 heavy (non-hydrogen) atoms. The molecule has 0 saturated heterocycles. The zero-order valence-corrected chi connectivity index (χ0v) is 13.5. The van der Waals surface area contributed by atoms with E-state index >= 15 is 0 Å². The maximum absolute atomic E-state index is 2.42. The largest absolute Gasteiger partial charge is 0.377 e. The first-order valence-electron chi connectivity index (χ1n) is 7.59. The van der Waals surface area contributed by atoms with Crippen LogP contribution in [-0.4, -0.2) is 14.1 Å². The average molecular weight is 259 g/mol. The van der Waals surface area contributed by atoms with E-state index in [1.54, 1.807) is 5.56 Å². The normalized spacial score (nSPS) is 19.5. The number of nitrogens with zero attached hydrogens (tertiary/aromatic N) is 1. The van der Waals surface area contributed by atoms with Crippen LogP contribution in [0.25, 0.3) is 0 Å². The quantitative estimate of drug-likeness (QED) is 0.718. The van der Waals surface area contributed by atoms with Gasteiger partial charge in [-0.15, -0.1) is 0 Å². The molecule has 0 heterocycles. The van der Waals surface area contributed by atoms with Gasteiger partial charge in [0.05, 0.1) is 0 Å². The highest BCUT2D eigenvalue weighted by Gasteiger charge is 2.28. The standard InChI is InChI=1S/C18H29N/c1-13-11-16(12-14(2)17(13)19(5)6)15-7-9-18(3,4)10-8-15/h11-12,15H,7-10H2,1-6H3. The van der Waals surface area contributed by atoms with Crippen molar-refractivity contribution < 1.29 is 0 Å². The molecule has 106 valence electrons. The Hall–Kier alpha value is -0.980. The van der Waals surface area contributed by atoms with Crippen LogP contribution < -0.4 is 4.90 Å². The van der Waals surface area contributed by atoms with Gasteiger partial charge in [-0.25, -0.2) is 0 Å². The SMILES string of the molecule is Cc1cc(C2CCC(C)(C)CC2)cc(C)c1N(C)C. The Labute approximate surface area is 119 Å². The van der Waals surface area contributed by atoms with Crippen LogP contribution in [0.1, 0.15) is 62.1 Å². The van der Waals surface area contributed by atoms with Crippen LogP contribution in [0.3, 0.4) is 0 Å². The van der Waals surface area contributed by atoms with E-state index in [9.17, 15) is 0 Å². The second-order valence-corrected chi connectivity index (χ2v) is 7.34. The fourth-order valence-corrected chi connectivity index (χ4v) is 3.66. The summed E-state index contributed by atoms with van der Waals surface area (Å²) < 4.78 is 0. The molecule has 0 bridgehead atoms. The zero-order chi connectivity index (χ0) is 14.2. The third-order valence-electron chi connectivity index (χ3n) is 4.77.